The Kier molecular flexibility index (Phi) is 5.25. The Labute approximate surface area is 105 Å². The first-order chi connectivity index (χ1) is 7.54. The van der Waals surface area contributed by atoms with Crippen molar-refractivity contribution in [3.8, 4) is 0 Å². The molecule has 4 nitrogen and oxygen atoms in total. The fourth-order valence-electron chi connectivity index (χ4n) is 1.33. The molecule has 90 valence electrons. The van der Waals surface area contributed by atoms with Gasteiger partial charge in [-0.2, -0.15) is 4.98 Å². The number of hydrogen-bond acceptors (Lipinski definition) is 4. The number of hydrogen-bond donors (Lipinski definition) is 2. The minimum Gasteiger partial charge on any atom is -0.396 e. The van der Waals surface area contributed by atoms with Crippen LogP contribution in [0.25, 0.3) is 0 Å². The highest BCUT2D eigenvalue weighted by molar-refractivity contribution is 6.33. The molecule has 1 atom stereocenters. The van der Waals surface area contributed by atoms with Crippen molar-refractivity contribution in [3.63, 3.8) is 0 Å². The lowest BCUT2D eigenvalue weighted by atomic mass is 10.0. The molecule has 0 amide bonds. The van der Waals surface area contributed by atoms with Gasteiger partial charge in [0.05, 0.1) is 6.20 Å². The summed E-state index contributed by atoms with van der Waals surface area (Å²) in [5.74, 6) is 0.866. The Morgan fingerprint density at radius 2 is 2.12 bits per heavy atom. The van der Waals surface area contributed by atoms with E-state index >= 15 is 0 Å². The maximum atomic E-state index is 8.96. The van der Waals surface area contributed by atoms with Gasteiger partial charge in [0.2, 0.25) is 5.28 Å². The molecule has 1 unspecified atom stereocenters. The molecular formula is C10H15Cl2N3O. The summed E-state index contributed by atoms with van der Waals surface area (Å²) in [6.45, 7) is 4.24. The van der Waals surface area contributed by atoms with Crippen molar-refractivity contribution in [3.05, 3.63) is 16.5 Å². The molecule has 0 aliphatic rings. The molecular weight excluding hydrogens is 249 g/mol. The number of aliphatic hydroxyl groups excluding tert-OH is 1. The van der Waals surface area contributed by atoms with Crippen molar-refractivity contribution in [2.75, 3.05) is 11.9 Å². The maximum Gasteiger partial charge on any atom is 0.224 e. The van der Waals surface area contributed by atoms with E-state index in [0.29, 0.717) is 23.2 Å². The molecule has 0 bridgehead atoms. The topological polar surface area (TPSA) is 58.0 Å². The predicted octanol–water partition coefficient (Wildman–Crippen LogP) is 2.60. The fraction of sp³-hybridized carbons (Fsp3) is 0.600. The highest BCUT2D eigenvalue weighted by Crippen LogP contribution is 2.22. The van der Waals surface area contributed by atoms with Crippen LogP contribution in [0.1, 0.15) is 20.3 Å². The van der Waals surface area contributed by atoms with Gasteiger partial charge in [0.1, 0.15) is 10.8 Å². The number of nitrogens with one attached hydrogen (secondary N) is 1. The molecule has 0 fully saturated rings. The van der Waals surface area contributed by atoms with E-state index in [9.17, 15) is 0 Å². The summed E-state index contributed by atoms with van der Waals surface area (Å²) < 4.78 is 0. The summed E-state index contributed by atoms with van der Waals surface area (Å²) in [7, 11) is 0. The molecule has 2 N–H and O–H groups in total. The van der Waals surface area contributed by atoms with Gasteiger partial charge in [-0.15, -0.1) is 0 Å². The van der Waals surface area contributed by atoms with Crippen LogP contribution in [0.15, 0.2) is 6.20 Å². The summed E-state index contributed by atoms with van der Waals surface area (Å²) in [6.07, 6.45) is 2.09. The van der Waals surface area contributed by atoms with Crippen molar-refractivity contribution in [1.29, 1.82) is 0 Å². The number of aliphatic hydroxyl groups is 1. The summed E-state index contributed by atoms with van der Waals surface area (Å²) in [5.41, 5.74) is 0. The van der Waals surface area contributed by atoms with Crippen LogP contribution in [0.4, 0.5) is 5.82 Å². The lowest BCUT2D eigenvalue weighted by Gasteiger charge is -2.22. The first kappa shape index (κ1) is 13.5. The van der Waals surface area contributed by atoms with Crippen molar-refractivity contribution in [2.45, 2.75) is 26.3 Å². The standard InChI is InChI=1S/C10H15Cl2N3O/c1-6(2)8(3-4-16)14-9-7(11)5-13-10(12)15-9/h5-6,8,16H,3-4H2,1-2H3,(H,13,14,15). The summed E-state index contributed by atoms with van der Waals surface area (Å²) in [4.78, 5) is 7.78. The Balaban J connectivity index is 2.80. The summed E-state index contributed by atoms with van der Waals surface area (Å²) in [6, 6.07) is 0.105. The van der Waals surface area contributed by atoms with Crippen LogP contribution in [-0.2, 0) is 0 Å². The predicted molar refractivity (Wildman–Crippen MR) is 66.0 cm³/mol. The normalized spacial score (nSPS) is 12.9. The second-order valence-electron chi connectivity index (χ2n) is 3.84. The molecule has 0 spiro atoms. The number of rotatable bonds is 5. The van der Waals surface area contributed by atoms with Crippen LogP contribution in [0, 0.1) is 5.92 Å². The van der Waals surface area contributed by atoms with Gasteiger partial charge < -0.3 is 10.4 Å². The largest absolute Gasteiger partial charge is 0.396 e. The van der Waals surface area contributed by atoms with E-state index in [1.54, 1.807) is 0 Å². The minimum atomic E-state index is 0.105. The SMILES string of the molecule is CC(C)C(CCO)Nc1nc(Cl)ncc1Cl. The first-order valence-corrected chi connectivity index (χ1v) is 5.85. The van der Waals surface area contributed by atoms with Crippen LogP contribution in [-0.4, -0.2) is 27.7 Å². The van der Waals surface area contributed by atoms with Gasteiger partial charge in [-0.3, -0.25) is 0 Å². The zero-order chi connectivity index (χ0) is 12.1. The highest BCUT2D eigenvalue weighted by atomic mass is 35.5. The van der Waals surface area contributed by atoms with Crippen molar-refractivity contribution in [1.82, 2.24) is 9.97 Å². The molecule has 0 aliphatic heterocycles. The van der Waals surface area contributed by atoms with Crippen molar-refractivity contribution < 1.29 is 5.11 Å². The molecule has 0 saturated carbocycles. The van der Waals surface area contributed by atoms with E-state index in [4.69, 9.17) is 28.3 Å². The van der Waals surface area contributed by atoms with Crippen LogP contribution in [0.3, 0.4) is 0 Å². The molecule has 1 aromatic rings. The molecule has 0 radical (unpaired) electrons. The maximum absolute atomic E-state index is 8.96. The second-order valence-corrected chi connectivity index (χ2v) is 4.59. The third-order valence-corrected chi connectivity index (χ3v) is 2.74. The van der Waals surface area contributed by atoms with Gasteiger partial charge >= 0.3 is 0 Å². The number of nitrogens with zero attached hydrogens (tertiary/aromatic N) is 2. The average Bonchev–Trinajstić information content (AvgIpc) is 2.22. The highest BCUT2D eigenvalue weighted by Gasteiger charge is 2.15. The number of aromatic nitrogens is 2. The fourth-order valence-corrected chi connectivity index (χ4v) is 1.61. The van der Waals surface area contributed by atoms with E-state index in [0.717, 1.165) is 0 Å². The van der Waals surface area contributed by atoms with E-state index in [1.165, 1.54) is 6.20 Å². The van der Waals surface area contributed by atoms with Gasteiger partial charge in [-0.25, -0.2) is 4.98 Å². The lowest BCUT2D eigenvalue weighted by molar-refractivity contribution is 0.267. The number of anilines is 1. The van der Waals surface area contributed by atoms with Crippen LogP contribution >= 0.6 is 23.2 Å². The summed E-state index contributed by atoms with van der Waals surface area (Å²) >= 11 is 11.6. The second kappa shape index (κ2) is 6.23. The zero-order valence-electron chi connectivity index (χ0n) is 9.24. The minimum absolute atomic E-state index is 0.105. The molecule has 0 saturated heterocycles. The van der Waals surface area contributed by atoms with Crippen LogP contribution in [0.2, 0.25) is 10.3 Å². The zero-order valence-corrected chi connectivity index (χ0v) is 10.8. The summed E-state index contributed by atoms with van der Waals surface area (Å²) in [5, 5.41) is 12.7. The Morgan fingerprint density at radius 1 is 1.44 bits per heavy atom. The van der Waals surface area contributed by atoms with Gasteiger partial charge in [-0.1, -0.05) is 25.4 Å². The van der Waals surface area contributed by atoms with E-state index in [-0.39, 0.29) is 17.9 Å². The monoisotopic (exact) mass is 263 g/mol. The molecule has 0 aliphatic carbocycles. The Morgan fingerprint density at radius 3 is 2.69 bits per heavy atom. The van der Waals surface area contributed by atoms with E-state index in [2.05, 4.69) is 29.1 Å². The third-order valence-electron chi connectivity index (χ3n) is 2.28. The Hall–Kier alpha value is -0.580. The molecule has 1 heterocycles. The quantitative estimate of drug-likeness (QED) is 0.802. The molecule has 0 aromatic carbocycles. The molecule has 1 aromatic heterocycles. The van der Waals surface area contributed by atoms with Crippen LogP contribution < -0.4 is 5.32 Å². The smallest absolute Gasteiger partial charge is 0.224 e. The van der Waals surface area contributed by atoms with Gasteiger partial charge in [0, 0.05) is 12.6 Å². The van der Waals surface area contributed by atoms with Crippen LogP contribution in [0.5, 0.6) is 0 Å². The van der Waals surface area contributed by atoms with Gasteiger partial charge in [-0.05, 0) is 23.9 Å². The molecule has 1 rings (SSSR count). The molecule has 16 heavy (non-hydrogen) atoms. The van der Waals surface area contributed by atoms with Gasteiger partial charge in [0.25, 0.3) is 0 Å². The average molecular weight is 264 g/mol. The van der Waals surface area contributed by atoms with Gasteiger partial charge in [0.15, 0.2) is 0 Å². The van der Waals surface area contributed by atoms with E-state index < -0.39 is 0 Å². The lowest BCUT2D eigenvalue weighted by Crippen LogP contribution is -2.27. The molecule has 6 heteroatoms. The van der Waals surface area contributed by atoms with Crippen molar-refractivity contribution >= 4 is 29.0 Å². The Bertz CT molecular complexity index is 347. The van der Waals surface area contributed by atoms with Crippen molar-refractivity contribution in [2.24, 2.45) is 5.92 Å². The number of halogens is 2. The first-order valence-electron chi connectivity index (χ1n) is 5.10. The third kappa shape index (κ3) is 3.77. The van der Waals surface area contributed by atoms with E-state index in [1.807, 2.05) is 0 Å².